The van der Waals surface area contributed by atoms with Crippen molar-refractivity contribution in [3.63, 3.8) is 0 Å². The van der Waals surface area contributed by atoms with Gasteiger partial charge in [-0.15, -0.1) is 0 Å². The molecule has 0 spiro atoms. The molecule has 0 aliphatic heterocycles. The van der Waals surface area contributed by atoms with Crippen molar-refractivity contribution in [3.05, 3.63) is 16.7 Å². The van der Waals surface area contributed by atoms with Crippen LogP contribution in [0.2, 0.25) is 5.15 Å². The van der Waals surface area contributed by atoms with Crippen LogP contribution in [0.4, 0.5) is 0 Å². The number of hydrogen-bond donors (Lipinski definition) is 1. The molecule has 0 saturated carbocycles. The third-order valence-electron chi connectivity index (χ3n) is 1.84. The summed E-state index contributed by atoms with van der Waals surface area (Å²) in [5, 5.41) is 9.04. The molecule has 0 amide bonds. The van der Waals surface area contributed by atoms with E-state index in [2.05, 4.69) is 4.98 Å². The van der Waals surface area contributed by atoms with Crippen LogP contribution in [0, 0.1) is 6.92 Å². The molecule has 13 heavy (non-hydrogen) atoms. The van der Waals surface area contributed by atoms with Gasteiger partial charge in [-0.05, 0) is 6.92 Å². The normalized spacial score (nSPS) is 10.4. The molecular weight excluding hydrogens is 192 g/mol. The maximum Gasteiger partial charge on any atom is 0.303 e. The minimum absolute atomic E-state index is 0.0840. The summed E-state index contributed by atoms with van der Waals surface area (Å²) in [7, 11) is 1.78. The van der Waals surface area contributed by atoms with Crippen molar-refractivity contribution >= 4 is 17.6 Å². The molecule has 0 radical (unpaired) electrons. The fraction of sp³-hybridized carbons (Fsp3) is 0.500. The predicted molar refractivity (Wildman–Crippen MR) is 48.9 cm³/mol. The summed E-state index contributed by atoms with van der Waals surface area (Å²) in [5.74, 6) is -0.110. The predicted octanol–water partition coefficient (Wildman–Crippen LogP) is 1.40. The molecule has 0 unspecified atom stereocenters. The summed E-state index contributed by atoms with van der Waals surface area (Å²) in [4.78, 5) is 14.5. The minimum Gasteiger partial charge on any atom is -0.481 e. The Morgan fingerprint density at radius 3 is 2.69 bits per heavy atom. The lowest BCUT2D eigenvalue weighted by Crippen LogP contribution is -2.03. The number of carboxylic acid groups (broad SMARTS) is 1. The second-order valence-electron chi connectivity index (χ2n) is 2.86. The molecular formula is C8H11ClN2O2. The number of aryl methyl sites for hydroxylation is 2. The summed E-state index contributed by atoms with van der Waals surface area (Å²) in [6, 6.07) is 0. The standard InChI is InChI=1S/C8H11ClN2O2/c1-5-8(9)11(2)6(10-5)3-4-7(12)13/h3-4H2,1-2H3,(H,12,13). The van der Waals surface area contributed by atoms with Gasteiger partial charge in [-0.1, -0.05) is 11.6 Å². The van der Waals surface area contributed by atoms with Crippen LogP contribution in [0.5, 0.6) is 0 Å². The van der Waals surface area contributed by atoms with Gasteiger partial charge in [-0.2, -0.15) is 0 Å². The minimum atomic E-state index is -0.822. The first-order valence-electron chi connectivity index (χ1n) is 3.92. The lowest BCUT2D eigenvalue weighted by molar-refractivity contribution is -0.137. The average molecular weight is 203 g/mol. The van der Waals surface area contributed by atoms with Gasteiger partial charge in [0, 0.05) is 13.5 Å². The first-order valence-corrected chi connectivity index (χ1v) is 4.29. The van der Waals surface area contributed by atoms with Crippen LogP contribution in [0.3, 0.4) is 0 Å². The first kappa shape index (κ1) is 10.1. The molecule has 0 aliphatic rings. The molecule has 1 aromatic rings. The zero-order valence-corrected chi connectivity index (χ0v) is 8.30. The SMILES string of the molecule is Cc1nc(CCC(=O)O)n(C)c1Cl. The zero-order valence-electron chi connectivity index (χ0n) is 7.54. The second-order valence-corrected chi connectivity index (χ2v) is 3.22. The molecule has 0 aromatic carbocycles. The first-order chi connectivity index (χ1) is 6.02. The van der Waals surface area contributed by atoms with Crippen LogP contribution in [-0.4, -0.2) is 20.6 Å². The number of carbonyl (C=O) groups is 1. The van der Waals surface area contributed by atoms with Crippen LogP contribution in [0.25, 0.3) is 0 Å². The highest BCUT2D eigenvalue weighted by Crippen LogP contribution is 2.16. The van der Waals surface area contributed by atoms with E-state index in [-0.39, 0.29) is 6.42 Å². The van der Waals surface area contributed by atoms with Crippen LogP contribution in [-0.2, 0) is 18.3 Å². The number of nitrogens with zero attached hydrogens (tertiary/aromatic N) is 2. The quantitative estimate of drug-likeness (QED) is 0.806. The molecule has 5 heteroatoms. The maximum absolute atomic E-state index is 10.3. The average Bonchev–Trinajstić information content (AvgIpc) is 2.29. The van der Waals surface area contributed by atoms with E-state index in [4.69, 9.17) is 16.7 Å². The second kappa shape index (κ2) is 3.79. The molecule has 0 fully saturated rings. The summed E-state index contributed by atoms with van der Waals surface area (Å²) >= 11 is 5.87. The number of hydrogen-bond acceptors (Lipinski definition) is 2. The van der Waals surface area contributed by atoms with Gasteiger partial charge in [0.05, 0.1) is 12.1 Å². The number of aromatic nitrogens is 2. The van der Waals surface area contributed by atoms with Crippen LogP contribution < -0.4 is 0 Å². The van der Waals surface area contributed by atoms with E-state index in [1.54, 1.807) is 18.5 Å². The van der Waals surface area contributed by atoms with Crippen molar-refractivity contribution in [2.24, 2.45) is 7.05 Å². The van der Waals surface area contributed by atoms with E-state index < -0.39 is 5.97 Å². The molecule has 0 aliphatic carbocycles. The van der Waals surface area contributed by atoms with Crippen molar-refractivity contribution < 1.29 is 9.90 Å². The van der Waals surface area contributed by atoms with Crippen molar-refractivity contribution in [1.29, 1.82) is 0 Å². The highest BCUT2D eigenvalue weighted by atomic mass is 35.5. The Hall–Kier alpha value is -1.03. The van der Waals surface area contributed by atoms with Crippen LogP contribution in [0.15, 0.2) is 0 Å². The van der Waals surface area contributed by atoms with Gasteiger partial charge < -0.3 is 9.67 Å². The van der Waals surface area contributed by atoms with Gasteiger partial charge >= 0.3 is 5.97 Å². The van der Waals surface area contributed by atoms with E-state index in [0.717, 1.165) is 5.69 Å². The number of aliphatic carboxylic acids is 1. The Bertz CT molecular complexity index is 333. The molecule has 0 atom stereocenters. The summed E-state index contributed by atoms with van der Waals surface area (Å²) in [6.45, 7) is 1.80. The highest BCUT2D eigenvalue weighted by Gasteiger charge is 2.09. The number of imidazole rings is 1. The molecule has 1 aromatic heterocycles. The number of rotatable bonds is 3. The van der Waals surface area contributed by atoms with Gasteiger partial charge in [-0.3, -0.25) is 4.79 Å². The lowest BCUT2D eigenvalue weighted by atomic mass is 10.3. The topological polar surface area (TPSA) is 55.1 Å². The molecule has 1 N–H and O–H groups in total. The van der Waals surface area contributed by atoms with E-state index in [1.165, 1.54) is 0 Å². The Kier molecular flexibility index (Phi) is 2.93. The fourth-order valence-electron chi connectivity index (χ4n) is 1.11. The third kappa shape index (κ3) is 2.21. The summed E-state index contributed by atoms with van der Waals surface area (Å²) in [5.41, 5.74) is 0.740. The van der Waals surface area contributed by atoms with E-state index >= 15 is 0 Å². The molecule has 0 saturated heterocycles. The number of carboxylic acids is 1. The Morgan fingerprint density at radius 2 is 2.31 bits per heavy atom. The van der Waals surface area contributed by atoms with Crippen molar-refractivity contribution in [2.75, 3.05) is 0 Å². The molecule has 0 bridgehead atoms. The third-order valence-corrected chi connectivity index (χ3v) is 2.37. The Morgan fingerprint density at radius 1 is 1.69 bits per heavy atom. The summed E-state index contributed by atoms with van der Waals surface area (Å²) < 4.78 is 1.71. The van der Waals surface area contributed by atoms with Crippen LogP contribution >= 0.6 is 11.6 Å². The maximum atomic E-state index is 10.3. The molecule has 4 nitrogen and oxygen atoms in total. The summed E-state index contributed by atoms with van der Waals surface area (Å²) in [6.07, 6.45) is 0.500. The monoisotopic (exact) mass is 202 g/mol. The van der Waals surface area contributed by atoms with Gasteiger partial charge in [0.25, 0.3) is 0 Å². The Labute approximate surface area is 81.2 Å². The van der Waals surface area contributed by atoms with Gasteiger partial charge in [-0.25, -0.2) is 4.98 Å². The molecule has 72 valence electrons. The largest absolute Gasteiger partial charge is 0.481 e. The highest BCUT2D eigenvalue weighted by molar-refractivity contribution is 6.30. The van der Waals surface area contributed by atoms with Gasteiger partial charge in [0.2, 0.25) is 0 Å². The van der Waals surface area contributed by atoms with Crippen molar-refractivity contribution in [2.45, 2.75) is 19.8 Å². The zero-order chi connectivity index (χ0) is 10.0. The lowest BCUT2D eigenvalue weighted by Gasteiger charge is -1.99. The van der Waals surface area contributed by atoms with Crippen molar-refractivity contribution in [1.82, 2.24) is 9.55 Å². The van der Waals surface area contributed by atoms with E-state index in [0.29, 0.717) is 17.4 Å². The van der Waals surface area contributed by atoms with Gasteiger partial charge in [0.1, 0.15) is 11.0 Å². The molecule has 1 heterocycles. The smallest absolute Gasteiger partial charge is 0.303 e. The van der Waals surface area contributed by atoms with E-state index in [9.17, 15) is 4.79 Å². The number of halogens is 1. The molecule has 1 rings (SSSR count). The fourth-order valence-corrected chi connectivity index (χ4v) is 1.25. The van der Waals surface area contributed by atoms with E-state index in [1.807, 2.05) is 0 Å². The van der Waals surface area contributed by atoms with Crippen molar-refractivity contribution in [3.8, 4) is 0 Å². The Balaban J connectivity index is 2.78. The van der Waals surface area contributed by atoms with Crippen LogP contribution in [0.1, 0.15) is 17.9 Å². The van der Waals surface area contributed by atoms with Gasteiger partial charge in [0.15, 0.2) is 0 Å².